The van der Waals surface area contributed by atoms with E-state index in [2.05, 4.69) is 47.8 Å². The van der Waals surface area contributed by atoms with Crippen molar-refractivity contribution in [3.05, 3.63) is 53.6 Å². The van der Waals surface area contributed by atoms with Crippen LogP contribution in [0.25, 0.3) is 0 Å². The first-order valence-electron chi connectivity index (χ1n) is 9.97. The molecule has 1 amide bonds. The van der Waals surface area contributed by atoms with E-state index in [0.29, 0.717) is 18.0 Å². The summed E-state index contributed by atoms with van der Waals surface area (Å²) in [5.74, 6) is 1.03. The zero-order valence-electron chi connectivity index (χ0n) is 16.9. The Hall–Kier alpha value is -2.31. The Morgan fingerprint density at radius 3 is 2.50 bits per heavy atom. The van der Waals surface area contributed by atoms with Gasteiger partial charge in [0.25, 0.3) is 5.91 Å². The predicted octanol–water partition coefficient (Wildman–Crippen LogP) is 2.85. The van der Waals surface area contributed by atoms with E-state index in [9.17, 15) is 4.79 Å². The van der Waals surface area contributed by atoms with Gasteiger partial charge in [0.1, 0.15) is 5.82 Å². The molecule has 0 saturated carbocycles. The SMILES string of the molecule is CC(C)(C)c1ncc(C(=O)N2C[C@H](CN3CCOCC3)c3ccccc32)cn1. The van der Waals surface area contributed by atoms with Gasteiger partial charge in [-0.05, 0) is 11.6 Å². The molecule has 148 valence electrons. The number of para-hydroxylation sites is 1. The van der Waals surface area contributed by atoms with Crippen molar-refractivity contribution in [3.8, 4) is 0 Å². The number of rotatable bonds is 3. The topological polar surface area (TPSA) is 58.6 Å². The third-order valence-corrected chi connectivity index (χ3v) is 5.47. The van der Waals surface area contributed by atoms with Crippen molar-refractivity contribution in [3.63, 3.8) is 0 Å². The van der Waals surface area contributed by atoms with Gasteiger partial charge >= 0.3 is 0 Å². The number of ether oxygens (including phenoxy) is 1. The summed E-state index contributed by atoms with van der Waals surface area (Å²) in [7, 11) is 0. The average Bonchev–Trinajstić information content (AvgIpc) is 3.06. The molecule has 0 spiro atoms. The third kappa shape index (κ3) is 3.80. The van der Waals surface area contributed by atoms with Crippen molar-refractivity contribution in [1.82, 2.24) is 14.9 Å². The Kier molecular flexibility index (Phi) is 5.17. The van der Waals surface area contributed by atoms with Gasteiger partial charge in [-0.25, -0.2) is 9.97 Å². The van der Waals surface area contributed by atoms with Crippen LogP contribution in [-0.2, 0) is 10.2 Å². The fourth-order valence-electron chi connectivity index (χ4n) is 3.92. The minimum absolute atomic E-state index is 0.0302. The summed E-state index contributed by atoms with van der Waals surface area (Å²) in [6.45, 7) is 11.3. The average molecular weight is 380 g/mol. The van der Waals surface area contributed by atoms with Crippen LogP contribution < -0.4 is 4.90 Å². The van der Waals surface area contributed by atoms with Crippen molar-refractivity contribution < 1.29 is 9.53 Å². The summed E-state index contributed by atoms with van der Waals surface area (Å²) in [6, 6.07) is 8.24. The molecule has 3 heterocycles. The molecular weight excluding hydrogens is 352 g/mol. The molecule has 1 aromatic carbocycles. The van der Waals surface area contributed by atoms with Crippen LogP contribution in [0.2, 0.25) is 0 Å². The monoisotopic (exact) mass is 380 g/mol. The quantitative estimate of drug-likeness (QED) is 0.820. The van der Waals surface area contributed by atoms with Crippen molar-refractivity contribution >= 4 is 11.6 Å². The van der Waals surface area contributed by atoms with E-state index in [0.717, 1.165) is 44.4 Å². The van der Waals surface area contributed by atoms with Crippen LogP contribution in [0, 0.1) is 0 Å². The van der Waals surface area contributed by atoms with Crippen LogP contribution >= 0.6 is 0 Å². The van der Waals surface area contributed by atoms with Gasteiger partial charge in [-0.2, -0.15) is 0 Å². The second kappa shape index (κ2) is 7.60. The number of amides is 1. The second-order valence-electron chi connectivity index (χ2n) is 8.63. The van der Waals surface area contributed by atoms with E-state index < -0.39 is 0 Å². The summed E-state index contributed by atoms with van der Waals surface area (Å²) < 4.78 is 5.46. The largest absolute Gasteiger partial charge is 0.379 e. The number of hydrogen-bond donors (Lipinski definition) is 0. The third-order valence-electron chi connectivity index (χ3n) is 5.47. The number of aromatic nitrogens is 2. The van der Waals surface area contributed by atoms with Gasteiger partial charge in [-0.3, -0.25) is 9.69 Å². The van der Waals surface area contributed by atoms with E-state index in [1.54, 1.807) is 12.4 Å². The number of anilines is 1. The Bertz CT molecular complexity index is 838. The molecule has 2 aromatic rings. The van der Waals surface area contributed by atoms with E-state index in [4.69, 9.17) is 4.74 Å². The normalized spacial score (nSPS) is 20.2. The molecule has 0 radical (unpaired) electrons. The smallest absolute Gasteiger partial charge is 0.261 e. The van der Waals surface area contributed by atoms with Gasteiger partial charge in [0.05, 0.1) is 18.8 Å². The van der Waals surface area contributed by atoms with Crippen LogP contribution in [0.1, 0.15) is 48.4 Å². The van der Waals surface area contributed by atoms with E-state index in [1.165, 1.54) is 5.56 Å². The Morgan fingerprint density at radius 2 is 1.82 bits per heavy atom. The molecule has 4 rings (SSSR count). The molecule has 1 fully saturated rings. The Morgan fingerprint density at radius 1 is 1.14 bits per heavy atom. The number of fused-ring (bicyclic) bond motifs is 1. The first kappa shape index (κ1) is 19.0. The molecule has 2 aliphatic rings. The zero-order valence-corrected chi connectivity index (χ0v) is 16.9. The van der Waals surface area contributed by atoms with Crippen molar-refractivity contribution in [2.75, 3.05) is 44.3 Å². The highest BCUT2D eigenvalue weighted by atomic mass is 16.5. The van der Waals surface area contributed by atoms with Gasteiger partial charge in [0.2, 0.25) is 0 Å². The number of hydrogen-bond acceptors (Lipinski definition) is 5. The number of carbonyl (C=O) groups excluding carboxylic acids is 1. The highest BCUT2D eigenvalue weighted by Gasteiger charge is 2.34. The summed E-state index contributed by atoms with van der Waals surface area (Å²) in [6.07, 6.45) is 3.32. The second-order valence-corrected chi connectivity index (χ2v) is 8.63. The van der Waals surface area contributed by atoms with Gasteiger partial charge in [0.15, 0.2) is 0 Å². The number of morpholine rings is 1. The molecule has 1 atom stereocenters. The lowest BCUT2D eigenvalue weighted by Gasteiger charge is -2.29. The molecule has 6 nitrogen and oxygen atoms in total. The lowest BCUT2D eigenvalue weighted by molar-refractivity contribution is 0.0356. The Labute approximate surface area is 166 Å². The van der Waals surface area contributed by atoms with Crippen LogP contribution in [-0.4, -0.2) is 60.2 Å². The maximum Gasteiger partial charge on any atom is 0.261 e. The van der Waals surface area contributed by atoms with Crippen LogP contribution in [0.4, 0.5) is 5.69 Å². The van der Waals surface area contributed by atoms with E-state index in [1.807, 2.05) is 17.0 Å². The standard InChI is InChI=1S/C22H28N4O2/c1-22(2,3)21-23-12-16(13-24-21)20(27)26-15-17(14-25-8-10-28-11-9-25)18-6-4-5-7-19(18)26/h4-7,12-13,17H,8-11,14-15H2,1-3H3/t17-/m0/s1. The minimum atomic E-state index is -0.134. The first-order chi connectivity index (χ1) is 13.4. The van der Waals surface area contributed by atoms with E-state index >= 15 is 0 Å². The van der Waals surface area contributed by atoms with Gasteiger partial charge in [-0.15, -0.1) is 0 Å². The highest BCUT2D eigenvalue weighted by Crippen LogP contribution is 2.37. The minimum Gasteiger partial charge on any atom is -0.379 e. The molecule has 28 heavy (non-hydrogen) atoms. The Balaban J connectivity index is 1.55. The number of carbonyl (C=O) groups is 1. The lowest BCUT2D eigenvalue weighted by Crippen LogP contribution is -2.40. The predicted molar refractivity (Wildman–Crippen MR) is 109 cm³/mol. The fraction of sp³-hybridized carbons (Fsp3) is 0.500. The first-order valence-corrected chi connectivity index (χ1v) is 9.97. The van der Waals surface area contributed by atoms with E-state index in [-0.39, 0.29) is 11.3 Å². The maximum absolute atomic E-state index is 13.2. The molecule has 2 aliphatic heterocycles. The zero-order chi connectivity index (χ0) is 19.7. The number of benzene rings is 1. The van der Waals surface area contributed by atoms with Crippen LogP contribution in [0.15, 0.2) is 36.7 Å². The number of nitrogens with zero attached hydrogens (tertiary/aromatic N) is 4. The molecule has 0 bridgehead atoms. The summed E-state index contributed by atoms with van der Waals surface area (Å²) in [5, 5.41) is 0. The molecular formula is C22H28N4O2. The lowest BCUT2D eigenvalue weighted by atomic mass is 9.96. The molecule has 0 unspecified atom stereocenters. The molecule has 0 N–H and O–H groups in total. The molecule has 1 aromatic heterocycles. The molecule has 6 heteroatoms. The summed E-state index contributed by atoms with van der Waals surface area (Å²) in [4.78, 5) is 26.4. The van der Waals surface area contributed by atoms with Crippen molar-refractivity contribution in [2.45, 2.75) is 32.1 Å². The summed E-state index contributed by atoms with van der Waals surface area (Å²) >= 11 is 0. The molecule has 0 aliphatic carbocycles. The van der Waals surface area contributed by atoms with Crippen molar-refractivity contribution in [2.24, 2.45) is 0 Å². The van der Waals surface area contributed by atoms with Gasteiger partial charge in [0, 0.05) is 55.6 Å². The van der Waals surface area contributed by atoms with Crippen molar-refractivity contribution in [1.29, 1.82) is 0 Å². The highest BCUT2D eigenvalue weighted by molar-refractivity contribution is 6.07. The maximum atomic E-state index is 13.2. The fourth-order valence-corrected chi connectivity index (χ4v) is 3.92. The van der Waals surface area contributed by atoms with Gasteiger partial charge < -0.3 is 9.64 Å². The summed E-state index contributed by atoms with van der Waals surface area (Å²) in [5.41, 5.74) is 2.65. The van der Waals surface area contributed by atoms with Gasteiger partial charge in [-0.1, -0.05) is 39.0 Å². The van der Waals surface area contributed by atoms with Crippen LogP contribution in [0.5, 0.6) is 0 Å². The van der Waals surface area contributed by atoms with Crippen LogP contribution in [0.3, 0.4) is 0 Å². The molecule has 1 saturated heterocycles.